The van der Waals surface area contributed by atoms with E-state index in [1.54, 1.807) is 0 Å². The summed E-state index contributed by atoms with van der Waals surface area (Å²) in [7, 11) is 0. The Bertz CT molecular complexity index is 331. The third-order valence-electron chi connectivity index (χ3n) is 5.56. The third-order valence-corrected chi connectivity index (χ3v) is 5.56. The molecule has 1 heteroatoms. The van der Waals surface area contributed by atoms with Crippen molar-refractivity contribution >= 4 is 0 Å². The van der Waals surface area contributed by atoms with Crippen LogP contribution in [-0.2, 0) is 4.74 Å². The molecule has 0 spiro atoms. The third kappa shape index (κ3) is 23.3. The van der Waals surface area contributed by atoms with E-state index in [0.29, 0.717) is 0 Å². The van der Waals surface area contributed by atoms with Crippen LogP contribution in [0.15, 0.2) is 24.5 Å². The van der Waals surface area contributed by atoms with E-state index < -0.39 is 0 Å². The van der Waals surface area contributed by atoms with Gasteiger partial charge in [0.1, 0.15) is 5.76 Å². The van der Waals surface area contributed by atoms with Gasteiger partial charge in [-0.25, -0.2) is 0 Å². The summed E-state index contributed by atoms with van der Waals surface area (Å²) in [6.07, 6.45) is 32.0. The van der Waals surface area contributed by atoms with Crippen molar-refractivity contribution in [3.63, 3.8) is 0 Å². The van der Waals surface area contributed by atoms with Crippen LogP contribution in [0.3, 0.4) is 0 Å². The maximum Gasteiger partial charge on any atom is 0.111 e. The summed E-state index contributed by atoms with van der Waals surface area (Å²) in [5.74, 6) is 0.826. The Balaban J connectivity index is 3.15. The predicted molar refractivity (Wildman–Crippen MR) is 128 cm³/mol. The van der Waals surface area contributed by atoms with Gasteiger partial charge in [0, 0.05) is 0 Å². The highest BCUT2D eigenvalue weighted by Crippen LogP contribution is 2.14. The van der Waals surface area contributed by atoms with Gasteiger partial charge in [0.15, 0.2) is 0 Å². The van der Waals surface area contributed by atoms with Crippen LogP contribution in [0.5, 0.6) is 0 Å². The van der Waals surface area contributed by atoms with Crippen LogP contribution in [0.4, 0.5) is 0 Å². The first-order valence-electron chi connectivity index (χ1n) is 12.8. The van der Waals surface area contributed by atoms with Crippen molar-refractivity contribution in [1.82, 2.24) is 0 Å². The lowest BCUT2D eigenvalue weighted by atomic mass is 10.0. The molecule has 1 nitrogen and oxygen atoms in total. The number of hydrogen-bond donors (Lipinski definition) is 0. The molecule has 0 radical (unpaired) electrons. The average Bonchev–Trinajstić information content (AvgIpc) is 2.70. The minimum atomic E-state index is 0.816. The van der Waals surface area contributed by atoms with Crippen molar-refractivity contribution in [1.29, 1.82) is 0 Å². The van der Waals surface area contributed by atoms with Gasteiger partial charge in [-0.2, -0.15) is 0 Å². The first-order valence-corrected chi connectivity index (χ1v) is 12.8. The molecule has 0 aliphatic heterocycles. The van der Waals surface area contributed by atoms with E-state index >= 15 is 0 Å². The van der Waals surface area contributed by atoms with Crippen LogP contribution >= 0.6 is 0 Å². The summed E-state index contributed by atoms with van der Waals surface area (Å²) < 4.78 is 5.60. The van der Waals surface area contributed by atoms with Crippen LogP contribution in [-0.4, -0.2) is 6.61 Å². The van der Waals surface area contributed by atoms with E-state index in [2.05, 4.69) is 32.6 Å². The number of ether oxygens (including phenoxy) is 1. The molecule has 28 heavy (non-hydrogen) atoms. The Kier molecular flexibility index (Phi) is 23.7. The van der Waals surface area contributed by atoms with Crippen molar-refractivity contribution in [2.24, 2.45) is 0 Å². The molecular formula is C27H52O. The van der Waals surface area contributed by atoms with E-state index in [-0.39, 0.29) is 0 Å². The van der Waals surface area contributed by atoms with Crippen molar-refractivity contribution in [2.75, 3.05) is 6.61 Å². The summed E-state index contributed by atoms with van der Waals surface area (Å²) in [6.45, 7) is 9.28. The Labute approximate surface area is 178 Å². The highest BCUT2D eigenvalue weighted by Gasteiger charge is 1.95. The molecule has 0 unspecified atom stereocenters. The number of unbranched alkanes of at least 4 members (excludes halogenated alkanes) is 18. The second-order valence-corrected chi connectivity index (χ2v) is 8.52. The zero-order chi connectivity index (χ0) is 20.5. The second-order valence-electron chi connectivity index (χ2n) is 8.52. The normalized spacial score (nSPS) is 11.4. The van der Waals surface area contributed by atoms with Crippen LogP contribution in [0, 0.1) is 0 Å². The molecule has 0 amide bonds. The lowest BCUT2D eigenvalue weighted by molar-refractivity contribution is 0.219. The summed E-state index contributed by atoms with van der Waals surface area (Å²) >= 11 is 0. The molecule has 0 N–H and O–H groups in total. The quantitative estimate of drug-likeness (QED) is 0.0954. The van der Waals surface area contributed by atoms with E-state index in [9.17, 15) is 0 Å². The summed E-state index contributed by atoms with van der Waals surface area (Å²) in [6, 6.07) is 0. The summed E-state index contributed by atoms with van der Waals surface area (Å²) in [5, 5.41) is 0. The molecule has 0 aromatic heterocycles. The SMILES string of the molecule is C=C(/C=C/CCCCCCCCCCCCCCCCCC)OCCCCC. The zero-order valence-corrected chi connectivity index (χ0v) is 19.6. The van der Waals surface area contributed by atoms with Gasteiger partial charge in [0.25, 0.3) is 0 Å². The Morgan fingerprint density at radius 1 is 0.571 bits per heavy atom. The van der Waals surface area contributed by atoms with Crippen LogP contribution in [0.25, 0.3) is 0 Å². The van der Waals surface area contributed by atoms with Crippen LogP contribution in [0.1, 0.15) is 142 Å². The molecule has 0 saturated carbocycles. The van der Waals surface area contributed by atoms with E-state index in [4.69, 9.17) is 4.74 Å². The van der Waals surface area contributed by atoms with Gasteiger partial charge in [-0.1, -0.05) is 136 Å². The molecule has 0 aliphatic carbocycles. The van der Waals surface area contributed by atoms with Crippen molar-refractivity contribution in [3.8, 4) is 0 Å². The zero-order valence-electron chi connectivity index (χ0n) is 19.6. The average molecular weight is 393 g/mol. The number of hydrogen-bond acceptors (Lipinski definition) is 1. The van der Waals surface area contributed by atoms with E-state index in [1.165, 1.54) is 116 Å². The van der Waals surface area contributed by atoms with Crippen LogP contribution < -0.4 is 0 Å². The van der Waals surface area contributed by atoms with Crippen LogP contribution in [0.2, 0.25) is 0 Å². The molecule has 0 aromatic rings. The van der Waals surface area contributed by atoms with Gasteiger partial charge in [-0.3, -0.25) is 0 Å². The fraction of sp³-hybridized carbons (Fsp3) is 0.852. The molecule has 0 saturated heterocycles. The minimum absolute atomic E-state index is 0.816. The standard InChI is InChI=1S/C27H52O/c1-4-6-8-9-10-11-12-13-14-15-16-17-18-19-20-21-22-23-25-27(3)28-26-24-7-5-2/h23,25H,3-22,24,26H2,1-2H3/b25-23+. The molecular weight excluding hydrogens is 340 g/mol. The number of rotatable bonds is 23. The second kappa shape index (κ2) is 24.3. The Hall–Kier alpha value is -0.720. The largest absolute Gasteiger partial charge is 0.494 e. The molecule has 0 rings (SSSR count). The molecule has 0 aliphatic rings. The van der Waals surface area contributed by atoms with Crippen molar-refractivity contribution < 1.29 is 4.74 Å². The van der Waals surface area contributed by atoms with E-state index in [1.807, 2.05) is 0 Å². The maximum atomic E-state index is 5.60. The molecule has 0 bridgehead atoms. The maximum absolute atomic E-state index is 5.60. The van der Waals surface area contributed by atoms with Gasteiger partial charge >= 0.3 is 0 Å². The summed E-state index contributed by atoms with van der Waals surface area (Å²) in [4.78, 5) is 0. The molecule has 166 valence electrons. The lowest BCUT2D eigenvalue weighted by Gasteiger charge is -2.04. The van der Waals surface area contributed by atoms with Gasteiger partial charge in [-0.05, 0) is 25.3 Å². The minimum Gasteiger partial charge on any atom is -0.494 e. The molecule has 0 heterocycles. The topological polar surface area (TPSA) is 9.23 Å². The van der Waals surface area contributed by atoms with Gasteiger partial charge < -0.3 is 4.74 Å². The van der Waals surface area contributed by atoms with Gasteiger partial charge in [-0.15, -0.1) is 0 Å². The Morgan fingerprint density at radius 3 is 1.43 bits per heavy atom. The fourth-order valence-electron chi connectivity index (χ4n) is 3.63. The lowest BCUT2D eigenvalue weighted by Crippen LogP contribution is -1.91. The van der Waals surface area contributed by atoms with Crippen molar-refractivity contribution in [3.05, 3.63) is 24.5 Å². The first-order chi connectivity index (χ1) is 13.8. The van der Waals surface area contributed by atoms with Gasteiger partial charge in [0.05, 0.1) is 6.61 Å². The summed E-state index contributed by atoms with van der Waals surface area (Å²) in [5.41, 5.74) is 0. The first kappa shape index (κ1) is 27.3. The highest BCUT2D eigenvalue weighted by molar-refractivity contribution is 5.06. The van der Waals surface area contributed by atoms with Crippen molar-refractivity contribution in [2.45, 2.75) is 142 Å². The fourth-order valence-corrected chi connectivity index (χ4v) is 3.63. The molecule has 0 aromatic carbocycles. The smallest absolute Gasteiger partial charge is 0.111 e. The predicted octanol–water partition coefficient (Wildman–Crippen LogP) is 9.91. The molecule has 0 fully saturated rings. The van der Waals surface area contributed by atoms with Gasteiger partial charge in [0.2, 0.25) is 0 Å². The highest BCUT2D eigenvalue weighted by atomic mass is 16.5. The number of allylic oxidation sites excluding steroid dienone is 2. The van der Waals surface area contributed by atoms with E-state index in [0.717, 1.165) is 25.2 Å². The monoisotopic (exact) mass is 392 g/mol. The Morgan fingerprint density at radius 2 is 0.964 bits per heavy atom. The molecule has 0 atom stereocenters.